The average Bonchev–Trinajstić information content (AvgIpc) is 2.14. The Balaban J connectivity index is 3.32. The van der Waals surface area contributed by atoms with E-state index >= 15 is 0 Å². The van der Waals surface area contributed by atoms with Crippen molar-refractivity contribution < 1.29 is 9.57 Å². The van der Waals surface area contributed by atoms with Crippen molar-refractivity contribution >= 4 is 15.9 Å². The van der Waals surface area contributed by atoms with Crippen LogP contribution in [0.3, 0.4) is 0 Å². The Hall–Kier alpha value is -0.580. The third kappa shape index (κ3) is 2.08. The lowest BCUT2D eigenvalue weighted by Gasteiger charge is -2.14. The van der Waals surface area contributed by atoms with Crippen LogP contribution in [-0.2, 0) is 11.4 Å². The molecule has 1 rings (SSSR count). The van der Waals surface area contributed by atoms with Gasteiger partial charge in [0, 0.05) is 10.0 Å². The topological polar surface area (TPSA) is 44.5 Å². The Bertz CT molecular complexity index is 339. The van der Waals surface area contributed by atoms with Crippen molar-refractivity contribution in [3.05, 3.63) is 27.2 Å². The summed E-state index contributed by atoms with van der Waals surface area (Å²) in [7, 11) is 1.64. The van der Waals surface area contributed by atoms with E-state index in [1.165, 1.54) is 0 Å². The van der Waals surface area contributed by atoms with Crippen molar-refractivity contribution in [2.45, 2.75) is 20.5 Å². The average molecular weight is 260 g/mol. The predicted octanol–water partition coefficient (Wildman–Crippen LogP) is 2.46. The number of hydrogen-bond acceptors (Lipinski definition) is 3. The van der Waals surface area contributed by atoms with E-state index in [0.29, 0.717) is 6.61 Å². The molecule has 0 atom stereocenters. The smallest absolute Gasteiger partial charge is 0.128 e. The largest absolute Gasteiger partial charge is 0.496 e. The Morgan fingerprint density at radius 1 is 1.36 bits per heavy atom. The van der Waals surface area contributed by atoms with Crippen molar-refractivity contribution in [2.75, 3.05) is 7.11 Å². The molecule has 78 valence electrons. The summed E-state index contributed by atoms with van der Waals surface area (Å²) in [6.07, 6.45) is 0. The molecule has 0 bridgehead atoms. The fourth-order valence-corrected chi connectivity index (χ4v) is 1.93. The highest BCUT2D eigenvalue weighted by Crippen LogP contribution is 2.33. The highest BCUT2D eigenvalue weighted by Gasteiger charge is 2.12. The standard InChI is InChI=1S/C10H14BrNO2/c1-6-4-7(2)10(13-3)8(5-14-12)9(6)11/h4H,5,12H2,1-3H3. The number of benzene rings is 1. The lowest BCUT2D eigenvalue weighted by molar-refractivity contribution is 0.121. The molecule has 0 aliphatic heterocycles. The van der Waals surface area contributed by atoms with Gasteiger partial charge in [-0.25, -0.2) is 5.90 Å². The van der Waals surface area contributed by atoms with Gasteiger partial charge in [-0.15, -0.1) is 0 Å². The summed E-state index contributed by atoms with van der Waals surface area (Å²) >= 11 is 3.49. The van der Waals surface area contributed by atoms with Crippen molar-refractivity contribution in [1.82, 2.24) is 0 Å². The van der Waals surface area contributed by atoms with Gasteiger partial charge in [0.15, 0.2) is 0 Å². The van der Waals surface area contributed by atoms with E-state index in [1.54, 1.807) is 7.11 Å². The molecule has 0 aliphatic rings. The highest BCUT2D eigenvalue weighted by atomic mass is 79.9. The van der Waals surface area contributed by atoms with Gasteiger partial charge in [-0.05, 0) is 25.0 Å². The zero-order valence-corrected chi connectivity index (χ0v) is 10.1. The molecule has 0 saturated carbocycles. The van der Waals surface area contributed by atoms with Crippen molar-refractivity contribution in [1.29, 1.82) is 0 Å². The summed E-state index contributed by atoms with van der Waals surface area (Å²) in [4.78, 5) is 4.65. The Labute approximate surface area is 92.3 Å². The van der Waals surface area contributed by atoms with E-state index in [-0.39, 0.29) is 0 Å². The molecule has 0 spiro atoms. The first kappa shape index (κ1) is 11.5. The number of halogens is 1. The lowest BCUT2D eigenvalue weighted by Crippen LogP contribution is -2.04. The molecular formula is C10H14BrNO2. The van der Waals surface area contributed by atoms with Gasteiger partial charge in [0.25, 0.3) is 0 Å². The summed E-state index contributed by atoms with van der Waals surface area (Å²) < 4.78 is 6.29. The third-order valence-corrected chi connectivity index (χ3v) is 3.21. The molecule has 0 fully saturated rings. The van der Waals surface area contributed by atoms with Gasteiger partial charge in [0.1, 0.15) is 5.75 Å². The van der Waals surface area contributed by atoms with Gasteiger partial charge in [0.05, 0.1) is 13.7 Å². The van der Waals surface area contributed by atoms with Crippen LogP contribution in [0.5, 0.6) is 5.75 Å². The quantitative estimate of drug-likeness (QED) is 0.849. The summed E-state index contributed by atoms with van der Waals surface area (Å²) in [5.41, 5.74) is 3.18. The summed E-state index contributed by atoms with van der Waals surface area (Å²) in [5, 5.41) is 0. The monoisotopic (exact) mass is 259 g/mol. The van der Waals surface area contributed by atoms with Gasteiger partial charge in [-0.3, -0.25) is 4.84 Å². The Kier molecular flexibility index (Phi) is 3.92. The first-order valence-corrected chi connectivity index (χ1v) is 5.05. The predicted molar refractivity (Wildman–Crippen MR) is 59.1 cm³/mol. The van der Waals surface area contributed by atoms with Crippen molar-refractivity contribution in [3.63, 3.8) is 0 Å². The SMILES string of the molecule is COc1c(C)cc(C)c(Br)c1CON. The summed E-state index contributed by atoms with van der Waals surface area (Å²) in [6, 6.07) is 2.06. The molecule has 2 N–H and O–H groups in total. The molecule has 1 aromatic rings. The second-order valence-corrected chi connectivity index (χ2v) is 3.94. The molecule has 0 heterocycles. The van der Waals surface area contributed by atoms with E-state index in [4.69, 9.17) is 10.6 Å². The first-order chi connectivity index (χ1) is 6.61. The molecule has 14 heavy (non-hydrogen) atoms. The molecule has 0 saturated heterocycles. The van der Waals surface area contributed by atoms with E-state index in [2.05, 4.69) is 26.8 Å². The second-order valence-electron chi connectivity index (χ2n) is 3.15. The van der Waals surface area contributed by atoms with Crippen LogP contribution in [0.2, 0.25) is 0 Å². The minimum atomic E-state index is 0.340. The summed E-state index contributed by atoms with van der Waals surface area (Å²) in [6.45, 7) is 4.36. The minimum absolute atomic E-state index is 0.340. The number of hydrogen-bond donors (Lipinski definition) is 1. The van der Waals surface area contributed by atoms with Crippen molar-refractivity contribution in [3.8, 4) is 5.75 Å². The van der Waals surface area contributed by atoms with Crippen LogP contribution in [0, 0.1) is 13.8 Å². The van der Waals surface area contributed by atoms with Crippen LogP contribution in [0.25, 0.3) is 0 Å². The van der Waals surface area contributed by atoms with Gasteiger partial charge < -0.3 is 4.74 Å². The molecule has 1 aromatic carbocycles. The van der Waals surface area contributed by atoms with Gasteiger partial charge in [-0.1, -0.05) is 22.0 Å². The zero-order chi connectivity index (χ0) is 10.7. The van der Waals surface area contributed by atoms with Gasteiger partial charge in [-0.2, -0.15) is 0 Å². The number of aryl methyl sites for hydroxylation is 2. The van der Waals surface area contributed by atoms with E-state index in [1.807, 2.05) is 13.8 Å². The minimum Gasteiger partial charge on any atom is -0.496 e. The first-order valence-electron chi connectivity index (χ1n) is 4.26. The molecule has 0 aromatic heterocycles. The fraction of sp³-hybridized carbons (Fsp3) is 0.400. The number of methoxy groups -OCH3 is 1. The third-order valence-electron chi connectivity index (χ3n) is 2.11. The molecule has 3 nitrogen and oxygen atoms in total. The van der Waals surface area contributed by atoms with Crippen LogP contribution >= 0.6 is 15.9 Å². The van der Waals surface area contributed by atoms with Crippen LogP contribution in [-0.4, -0.2) is 7.11 Å². The van der Waals surface area contributed by atoms with Crippen LogP contribution in [0.1, 0.15) is 16.7 Å². The van der Waals surface area contributed by atoms with Gasteiger partial charge >= 0.3 is 0 Å². The number of rotatable bonds is 3. The Morgan fingerprint density at radius 2 is 2.00 bits per heavy atom. The van der Waals surface area contributed by atoms with Crippen LogP contribution in [0.4, 0.5) is 0 Å². The van der Waals surface area contributed by atoms with Crippen LogP contribution in [0.15, 0.2) is 10.5 Å². The maximum atomic E-state index is 5.30. The van der Waals surface area contributed by atoms with E-state index < -0.39 is 0 Å². The van der Waals surface area contributed by atoms with Crippen LogP contribution < -0.4 is 10.6 Å². The molecule has 0 amide bonds. The van der Waals surface area contributed by atoms with E-state index in [9.17, 15) is 0 Å². The maximum absolute atomic E-state index is 5.30. The molecular weight excluding hydrogens is 246 g/mol. The van der Waals surface area contributed by atoms with Crippen molar-refractivity contribution in [2.24, 2.45) is 5.90 Å². The van der Waals surface area contributed by atoms with E-state index in [0.717, 1.165) is 26.9 Å². The van der Waals surface area contributed by atoms with Gasteiger partial charge in [0.2, 0.25) is 0 Å². The lowest BCUT2D eigenvalue weighted by atomic mass is 10.1. The second kappa shape index (κ2) is 4.77. The zero-order valence-electron chi connectivity index (χ0n) is 8.56. The normalized spacial score (nSPS) is 10.4. The Morgan fingerprint density at radius 3 is 2.50 bits per heavy atom. The number of nitrogens with two attached hydrogens (primary N) is 1. The molecule has 0 unspecified atom stereocenters. The maximum Gasteiger partial charge on any atom is 0.128 e. The molecule has 4 heteroatoms. The highest BCUT2D eigenvalue weighted by molar-refractivity contribution is 9.10. The fourth-order valence-electron chi connectivity index (χ4n) is 1.53. The molecule has 0 aliphatic carbocycles. The summed E-state index contributed by atoms with van der Waals surface area (Å²) in [5.74, 6) is 5.90. The number of ether oxygens (including phenoxy) is 1. The molecule has 0 radical (unpaired) electrons.